The molecule has 21 heavy (non-hydrogen) atoms. The maximum absolute atomic E-state index is 10.8. The van der Waals surface area contributed by atoms with Gasteiger partial charge in [0.25, 0.3) is 0 Å². The van der Waals surface area contributed by atoms with E-state index in [1.807, 2.05) is 24.3 Å². The van der Waals surface area contributed by atoms with E-state index in [0.717, 1.165) is 30.7 Å². The summed E-state index contributed by atoms with van der Waals surface area (Å²) in [6.45, 7) is 10.5. The van der Waals surface area contributed by atoms with Crippen molar-refractivity contribution in [3.8, 4) is 5.75 Å². The molecule has 0 aliphatic carbocycles. The van der Waals surface area contributed by atoms with Gasteiger partial charge in [-0.25, -0.2) is 0 Å². The minimum absolute atomic E-state index is 0.0483. The molecule has 0 amide bonds. The fraction of sp³-hybridized carbons (Fsp3) is 0.667. The predicted octanol–water partition coefficient (Wildman–Crippen LogP) is 3.63. The van der Waals surface area contributed by atoms with E-state index >= 15 is 0 Å². The number of aliphatic hydroxyl groups excluding tert-OH is 1. The summed E-state index contributed by atoms with van der Waals surface area (Å²) in [6, 6.07) is 8.40. The van der Waals surface area contributed by atoms with Crippen LogP contribution in [0.3, 0.4) is 0 Å². The van der Waals surface area contributed by atoms with Crippen molar-refractivity contribution in [1.82, 2.24) is 4.90 Å². The Balaban J connectivity index is 2.24. The van der Waals surface area contributed by atoms with Gasteiger partial charge in [0.2, 0.25) is 0 Å². The van der Waals surface area contributed by atoms with Crippen molar-refractivity contribution >= 4 is 0 Å². The van der Waals surface area contributed by atoms with Crippen molar-refractivity contribution in [2.24, 2.45) is 5.92 Å². The van der Waals surface area contributed by atoms with Crippen molar-refractivity contribution in [1.29, 1.82) is 0 Å². The molecular weight excluding hydrogens is 262 g/mol. The topological polar surface area (TPSA) is 32.7 Å². The summed E-state index contributed by atoms with van der Waals surface area (Å²) in [4.78, 5) is 2.46. The standard InChI is InChI=1S/C18H29NO2/c1-5-14(6-2)19(11-13(3)4)16-12-21-17-10-8-7-9-15(17)18(16)20/h7-10,13-14,16,18,20H,5-6,11-12H2,1-4H3. The fourth-order valence-electron chi connectivity index (χ4n) is 3.34. The molecule has 2 unspecified atom stereocenters. The summed E-state index contributed by atoms with van der Waals surface area (Å²) >= 11 is 0. The maximum Gasteiger partial charge on any atom is 0.125 e. The summed E-state index contributed by atoms with van der Waals surface area (Å²) in [5.41, 5.74) is 0.925. The number of benzene rings is 1. The molecule has 0 saturated heterocycles. The van der Waals surface area contributed by atoms with Crippen molar-refractivity contribution in [2.75, 3.05) is 13.2 Å². The van der Waals surface area contributed by atoms with E-state index in [-0.39, 0.29) is 6.04 Å². The molecule has 0 bridgehead atoms. The van der Waals surface area contributed by atoms with E-state index in [4.69, 9.17) is 4.74 Å². The first kappa shape index (κ1) is 16.3. The van der Waals surface area contributed by atoms with Gasteiger partial charge in [-0.2, -0.15) is 0 Å². The molecular formula is C18H29NO2. The molecule has 1 aromatic carbocycles. The fourth-order valence-corrected chi connectivity index (χ4v) is 3.34. The Kier molecular flexibility index (Phi) is 5.65. The Hall–Kier alpha value is -1.06. The third-order valence-corrected chi connectivity index (χ3v) is 4.43. The van der Waals surface area contributed by atoms with Gasteiger partial charge >= 0.3 is 0 Å². The van der Waals surface area contributed by atoms with Crippen molar-refractivity contribution in [3.05, 3.63) is 29.8 Å². The van der Waals surface area contributed by atoms with Crippen molar-refractivity contribution in [2.45, 2.75) is 58.7 Å². The molecule has 1 heterocycles. The Morgan fingerprint density at radius 3 is 2.52 bits per heavy atom. The molecule has 0 fully saturated rings. The zero-order valence-corrected chi connectivity index (χ0v) is 13.7. The number of hydrogen-bond acceptors (Lipinski definition) is 3. The van der Waals surface area contributed by atoms with Gasteiger partial charge in [0.15, 0.2) is 0 Å². The zero-order valence-electron chi connectivity index (χ0n) is 13.7. The maximum atomic E-state index is 10.8. The van der Waals surface area contributed by atoms with Crippen LogP contribution in [0.1, 0.15) is 52.2 Å². The number of para-hydroxylation sites is 1. The van der Waals surface area contributed by atoms with Crippen LogP contribution in [-0.4, -0.2) is 35.2 Å². The van der Waals surface area contributed by atoms with Gasteiger partial charge in [0.1, 0.15) is 18.5 Å². The van der Waals surface area contributed by atoms with E-state index in [1.165, 1.54) is 0 Å². The molecule has 3 nitrogen and oxygen atoms in total. The van der Waals surface area contributed by atoms with Gasteiger partial charge in [0, 0.05) is 18.2 Å². The van der Waals surface area contributed by atoms with Crippen LogP contribution in [0.5, 0.6) is 5.75 Å². The van der Waals surface area contributed by atoms with Crippen molar-refractivity contribution < 1.29 is 9.84 Å². The first-order valence-corrected chi connectivity index (χ1v) is 8.23. The smallest absolute Gasteiger partial charge is 0.125 e. The predicted molar refractivity (Wildman–Crippen MR) is 86.6 cm³/mol. The van der Waals surface area contributed by atoms with E-state index in [2.05, 4.69) is 32.6 Å². The van der Waals surface area contributed by atoms with Crippen molar-refractivity contribution in [3.63, 3.8) is 0 Å². The van der Waals surface area contributed by atoms with Crippen LogP contribution >= 0.6 is 0 Å². The molecule has 1 aliphatic heterocycles. The van der Waals surface area contributed by atoms with Crippen LogP contribution in [0.2, 0.25) is 0 Å². The molecule has 0 aromatic heterocycles. The average molecular weight is 291 g/mol. The van der Waals surface area contributed by atoms with Gasteiger partial charge in [-0.3, -0.25) is 4.90 Å². The molecule has 0 saturated carbocycles. The first-order valence-electron chi connectivity index (χ1n) is 8.23. The molecule has 0 spiro atoms. The van der Waals surface area contributed by atoms with Crippen LogP contribution in [0, 0.1) is 5.92 Å². The largest absolute Gasteiger partial charge is 0.491 e. The van der Waals surface area contributed by atoms with Crippen LogP contribution in [0.15, 0.2) is 24.3 Å². The Bertz CT molecular complexity index is 443. The monoisotopic (exact) mass is 291 g/mol. The average Bonchev–Trinajstić information content (AvgIpc) is 2.48. The molecule has 1 aromatic rings. The highest BCUT2D eigenvalue weighted by atomic mass is 16.5. The van der Waals surface area contributed by atoms with Gasteiger partial charge in [-0.1, -0.05) is 45.9 Å². The Labute approximate surface area is 128 Å². The highest BCUT2D eigenvalue weighted by molar-refractivity contribution is 5.37. The van der Waals surface area contributed by atoms with E-state index in [9.17, 15) is 5.11 Å². The minimum Gasteiger partial charge on any atom is -0.491 e. The number of fused-ring (bicyclic) bond motifs is 1. The molecule has 1 N–H and O–H groups in total. The number of nitrogens with zero attached hydrogens (tertiary/aromatic N) is 1. The van der Waals surface area contributed by atoms with Crippen LogP contribution in [0.25, 0.3) is 0 Å². The molecule has 3 heteroatoms. The normalized spacial score (nSPS) is 21.7. The second kappa shape index (κ2) is 7.28. The van der Waals surface area contributed by atoms with E-state index in [0.29, 0.717) is 18.6 Å². The second-order valence-electron chi connectivity index (χ2n) is 6.42. The number of aliphatic hydroxyl groups is 1. The lowest BCUT2D eigenvalue weighted by molar-refractivity contribution is -0.0236. The summed E-state index contributed by atoms with van der Waals surface area (Å²) in [5, 5.41) is 10.8. The number of hydrogen-bond donors (Lipinski definition) is 1. The second-order valence-corrected chi connectivity index (χ2v) is 6.42. The lowest BCUT2D eigenvalue weighted by Crippen LogP contribution is -2.51. The third kappa shape index (κ3) is 3.58. The molecule has 2 atom stereocenters. The quantitative estimate of drug-likeness (QED) is 0.869. The van der Waals surface area contributed by atoms with Gasteiger partial charge in [0.05, 0.1) is 6.04 Å². The lowest BCUT2D eigenvalue weighted by Gasteiger charge is -2.43. The SMILES string of the molecule is CCC(CC)N(CC(C)C)C1COc2ccccc2C1O. The summed E-state index contributed by atoms with van der Waals surface area (Å²) in [6.07, 6.45) is 1.75. The Morgan fingerprint density at radius 1 is 1.24 bits per heavy atom. The summed E-state index contributed by atoms with van der Waals surface area (Å²) in [7, 11) is 0. The van der Waals surface area contributed by atoms with Gasteiger partial charge in [-0.15, -0.1) is 0 Å². The van der Waals surface area contributed by atoms with Gasteiger partial charge < -0.3 is 9.84 Å². The summed E-state index contributed by atoms with van der Waals surface area (Å²) in [5.74, 6) is 1.41. The first-order chi connectivity index (χ1) is 10.1. The highest BCUT2D eigenvalue weighted by Crippen LogP contribution is 2.35. The molecule has 2 rings (SSSR count). The van der Waals surface area contributed by atoms with E-state index < -0.39 is 6.10 Å². The zero-order chi connectivity index (χ0) is 15.4. The highest BCUT2D eigenvalue weighted by Gasteiger charge is 2.36. The molecule has 118 valence electrons. The van der Waals surface area contributed by atoms with Gasteiger partial charge in [-0.05, 0) is 24.8 Å². The molecule has 1 aliphatic rings. The summed E-state index contributed by atoms with van der Waals surface area (Å²) < 4.78 is 5.91. The van der Waals surface area contributed by atoms with Crippen LogP contribution in [-0.2, 0) is 0 Å². The van der Waals surface area contributed by atoms with Crippen LogP contribution < -0.4 is 4.74 Å². The molecule has 0 radical (unpaired) electrons. The van der Waals surface area contributed by atoms with Crippen LogP contribution in [0.4, 0.5) is 0 Å². The van der Waals surface area contributed by atoms with E-state index in [1.54, 1.807) is 0 Å². The number of ether oxygens (including phenoxy) is 1. The minimum atomic E-state index is -0.464. The Morgan fingerprint density at radius 2 is 1.90 bits per heavy atom. The number of rotatable bonds is 6. The lowest BCUT2D eigenvalue weighted by atomic mass is 9.94. The third-order valence-electron chi connectivity index (χ3n) is 4.43.